The first-order valence-corrected chi connectivity index (χ1v) is 5.06. The predicted octanol–water partition coefficient (Wildman–Crippen LogP) is 0.982. The summed E-state index contributed by atoms with van der Waals surface area (Å²) < 4.78 is 0. The SMILES string of the molecule is CC(C)(O)CNC(=O)C=Cc1cccnc1. The lowest BCUT2D eigenvalue weighted by atomic mass is 10.1. The average Bonchev–Trinajstić information content (AvgIpc) is 2.24. The number of amides is 1. The minimum atomic E-state index is -0.891. The number of aromatic nitrogens is 1. The third-order valence-electron chi connectivity index (χ3n) is 1.81. The highest BCUT2D eigenvalue weighted by molar-refractivity contribution is 5.91. The summed E-state index contributed by atoms with van der Waals surface area (Å²) in [4.78, 5) is 15.3. The van der Waals surface area contributed by atoms with E-state index in [4.69, 9.17) is 0 Å². The van der Waals surface area contributed by atoms with Crippen molar-refractivity contribution in [3.05, 3.63) is 36.2 Å². The van der Waals surface area contributed by atoms with Crippen LogP contribution in [0.1, 0.15) is 19.4 Å². The standard InChI is InChI=1S/C12H16N2O2/c1-12(2,16)9-14-11(15)6-5-10-4-3-7-13-8-10/h3-8,16H,9H2,1-2H3,(H,14,15). The lowest BCUT2D eigenvalue weighted by molar-refractivity contribution is -0.117. The Balaban J connectivity index is 2.43. The molecular weight excluding hydrogens is 204 g/mol. The van der Waals surface area contributed by atoms with Crippen molar-refractivity contribution in [2.24, 2.45) is 0 Å². The summed E-state index contributed by atoms with van der Waals surface area (Å²) in [5.74, 6) is -0.231. The number of hydrogen-bond acceptors (Lipinski definition) is 3. The molecule has 0 aromatic carbocycles. The van der Waals surface area contributed by atoms with Gasteiger partial charge >= 0.3 is 0 Å². The van der Waals surface area contributed by atoms with E-state index in [0.717, 1.165) is 5.56 Å². The van der Waals surface area contributed by atoms with Gasteiger partial charge in [0.05, 0.1) is 5.60 Å². The second-order valence-corrected chi connectivity index (χ2v) is 4.15. The topological polar surface area (TPSA) is 62.2 Å². The fourth-order valence-corrected chi connectivity index (χ4v) is 1.01. The molecule has 0 spiro atoms. The number of nitrogens with one attached hydrogen (secondary N) is 1. The van der Waals surface area contributed by atoms with Crippen LogP contribution in [-0.2, 0) is 4.79 Å². The Hall–Kier alpha value is -1.68. The van der Waals surface area contributed by atoms with E-state index in [9.17, 15) is 9.90 Å². The molecule has 86 valence electrons. The molecule has 1 heterocycles. The van der Waals surface area contributed by atoms with Crippen LogP contribution < -0.4 is 5.32 Å². The van der Waals surface area contributed by atoms with E-state index in [-0.39, 0.29) is 12.5 Å². The first-order valence-electron chi connectivity index (χ1n) is 5.06. The van der Waals surface area contributed by atoms with Gasteiger partial charge < -0.3 is 10.4 Å². The molecule has 0 atom stereocenters. The molecule has 1 amide bonds. The second kappa shape index (κ2) is 5.42. The number of carbonyl (C=O) groups excluding carboxylic acids is 1. The second-order valence-electron chi connectivity index (χ2n) is 4.15. The molecule has 0 radical (unpaired) electrons. The molecule has 0 aliphatic heterocycles. The minimum Gasteiger partial charge on any atom is -0.389 e. The van der Waals surface area contributed by atoms with Crippen LogP contribution in [0.25, 0.3) is 6.08 Å². The van der Waals surface area contributed by atoms with Gasteiger partial charge in [-0.3, -0.25) is 9.78 Å². The Morgan fingerprint density at radius 1 is 1.62 bits per heavy atom. The van der Waals surface area contributed by atoms with Gasteiger partial charge in [0.15, 0.2) is 0 Å². The van der Waals surface area contributed by atoms with E-state index >= 15 is 0 Å². The first-order chi connectivity index (χ1) is 7.47. The number of rotatable bonds is 4. The van der Waals surface area contributed by atoms with Crippen LogP contribution in [0.2, 0.25) is 0 Å². The van der Waals surface area contributed by atoms with Gasteiger partial charge in [-0.25, -0.2) is 0 Å². The molecule has 16 heavy (non-hydrogen) atoms. The van der Waals surface area contributed by atoms with Crippen LogP contribution in [-0.4, -0.2) is 28.1 Å². The molecule has 4 heteroatoms. The minimum absolute atomic E-state index is 0.225. The van der Waals surface area contributed by atoms with Crippen LogP contribution in [0.4, 0.5) is 0 Å². The highest BCUT2D eigenvalue weighted by Crippen LogP contribution is 1.99. The molecule has 4 nitrogen and oxygen atoms in total. The van der Waals surface area contributed by atoms with E-state index in [2.05, 4.69) is 10.3 Å². The van der Waals surface area contributed by atoms with E-state index in [1.165, 1.54) is 6.08 Å². The number of nitrogens with zero attached hydrogens (tertiary/aromatic N) is 1. The van der Waals surface area contributed by atoms with Gasteiger partial charge in [-0.15, -0.1) is 0 Å². The summed E-state index contributed by atoms with van der Waals surface area (Å²) in [6.07, 6.45) is 6.43. The molecule has 0 fully saturated rings. The lowest BCUT2D eigenvalue weighted by Crippen LogP contribution is -2.37. The highest BCUT2D eigenvalue weighted by Gasteiger charge is 2.12. The van der Waals surface area contributed by atoms with Crippen molar-refractivity contribution in [1.29, 1.82) is 0 Å². The third-order valence-corrected chi connectivity index (χ3v) is 1.81. The van der Waals surface area contributed by atoms with Crippen molar-refractivity contribution < 1.29 is 9.90 Å². The predicted molar refractivity (Wildman–Crippen MR) is 62.6 cm³/mol. The summed E-state index contributed by atoms with van der Waals surface area (Å²) in [6.45, 7) is 3.50. The number of pyridine rings is 1. The average molecular weight is 220 g/mol. The number of aliphatic hydroxyl groups is 1. The van der Waals surface area contributed by atoms with Gasteiger partial charge in [-0.1, -0.05) is 6.07 Å². The van der Waals surface area contributed by atoms with Crippen LogP contribution in [0.3, 0.4) is 0 Å². The van der Waals surface area contributed by atoms with Crippen molar-refractivity contribution in [3.63, 3.8) is 0 Å². The molecule has 0 unspecified atom stereocenters. The summed E-state index contributed by atoms with van der Waals surface area (Å²) in [5, 5.41) is 12.0. The van der Waals surface area contributed by atoms with E-state index in [0.29, 0.717) is 0 Å². The van der Waals surface area contributed by atoms with Crippen LogP contribution >= 0.6 is 0 Å². The Morgan fingerprint density at radius 3 is 2.94 bits per heavy atom. The monoisotopic (exact) mass is 220 g/mol. The van der Waals surface area contributed by atoms with E-state index < -0.39 is 5.60 Å². The summed E-state index contributed by atoms with van der Waals surface area (Å²) >= 11 is 0. The maximum atomic E-state index is 11.3. The fourth-order valence-electron chi connectivity index (χ4n) is 1.01. The van der Waals surface area contributed by atoms with Crippen LogP contribution in [0, 0.1) is 0 Å². The molecule has 0 saturated carbocycles. The molecule has 0 bridgehead atoms. The largest absolute Gasteiger partial charge is 0.389 e. The van der Waals surface area contributed by atoms with E-state index in [1.807, 2.05) is 6.07 Å². The highest BCUT2D eigenvalue weighted by atomic mass is 16.3. The molecule has 0 aliphatic carbocycles. The van der Waals surface area contributed by atoms with Crippen molar-refractivity contribution in [2.75, 3.05) is 6.54 Å². The lowest BCUT2D eigenvalue weighted by Gasteiger charge is -2.16. The van der Waals surface area contributed by atoms with Gasteiger partial charge in [0.2, 0.25) is 5.91 Å². The van der Waals surface area contributed by atoms with Crippen molar-refractivity contribution >= 4 is 12.0 Å². The molecule has 2 N–H and O–H groups in total. The Morgan fingerprint density at radius 2 is 2.38 bits per heavy atom. The zero-order valence-corrected chi connectivity index (χ0v) is 9.47. The molecule has 0 saturated heterocycles. The van der Waals surface area contributed by atoms with Gasteiger partial charge in [-0.2, -0.15) is 0 Å². The van der Waals surface area contributed by atoms with Gasteiger partial charge in [-0.05, 0) is 31.6 Å². The Labute approximate surface area is 95.0 Å². The summed E-state index contributed by atoms with van der Waals surface area (Å²) in [7, 11) is 0. The Kier molecular flexibility index (Phi) is 4.19. The normalized spacial score (nSPS) is 11.7. The smallest absolute Gasteiger partial charge is 0.244 e. The summed E-state index contributed by atoms with van der Waals surface area (Å²) in [6, 6.07) is 3.65. The fraction of sp³-hybridized carbons (Fsp3) is 0.333. The quantitative estimate of drug-likeness (QED) is 0.744. The van der Waals surface area contributed by atoms with Crippen molar-refractivity contribution in [1.82, 2.24) is 10.3 Å². The molecule has 1 rings (SSSR count). The zero-order chi connectivity index (χ0) is 12.0. The third kappa shape index (κ3) is 5.26. The maximum Gasteiger partial charge on any atom is 0.244 e. The van der Waals surface area contributed by atoms with Crippen molar-refractivity contribution in [3.8, 4) is 0 Å². The first kappa shape index (κ1) is 12.4. The van der Waals surface area contributed by atoms with Crippen molar-refractivity contribution in [2.45, 2.75) is 19.4 Å². The molecule has 1 aromatic rings. The number of hydrogen-bond donors (Lipinski definition) is 2. The van der Waals surface area contributed by atoms with Crippen LogP contribution in [0.5, 0.6) is 0 Å². The molecule has 1 aromatic heterocycles. The summed E-state index contributed by atoms with van der Waals surface area (Å²) in [5.41, 5.74) is -0.0291. The zero-order valence-electron chi connectivity index (χ0n) is 9.47. The number of carbonyl (C=O) groups is 1. The Bertz CT molecular complexity index is 366. The van der Waals surface area contributed by atoms with Gasteiger partial charge in [0, 0.05) is 25.0 Å². The maximum absolute atomic E-state index is 11.3. The van der Waals surface area contributed by atoms with Crippen LogP contribution in [0.15, 0.2) is 30.6 Å². The molecular formula is C12H16N2O2. The van der Waals surface area contributed by atoms with Gasteiger partial charge in [0.25, 0.3) is 0 Å². The van der Waals surface area contributed by atoms with Gasteiger partial charge in [0.1, 0.15) is 0 Å². The van der Waals surface area contributed by atoms with E-state index in [1.54, 1.807) is 38.4 Å². The molecule has 0 aliphatic rings.